The van der Waals surface area contributed by atoms with Crippen molar-refractivity contribution in [1.29, 1.82) is 0 Å². The van der Waals surface area contributed by atoms with Crippen LogP contribution in [0, 0.1) is 0 Å². The van der Waals surface area contributed by atoms with Crippen molar-refractivity contribution < 1.29 is 8.83 Å². The molecule has 662 valence electrons. The predicted molar refractivity (Wildman–Crippen MR) is 571 cm³/mol. The minimum Gasteiger partial charge on any atom is -0.456 e. The second kappa shape index (κ2) is 30.5. The highest BCUT2D eigenvalue weighted by Gasteiger charge is 2.43. The van der Waals surface area contributed by atoms with Crippen molar-refractivity contribution in [2.45, 2.75) is 236 Å². The van der Waals surface area contributed by atoms with E-state index in [2.05, 4.69) is 475 Å². The average Bonchev–Trinajstić information content (AvgIpc) is 1.07. The summed E-state index contributed by atoms with van der Waals surface area (Å²) >= 11 is 0. The van der Waals surface area contributed by atoms with Crippen LogP contribution in [0.2, 0.25) is 0 Å². The van der Waals surface area contributed by atoms with Crippen LogP contribution in [0.5, 0.6) is 0 Å². The molecule has 0 amide bonds. The van der Waals surface area contributed by atoms with E-state index in [-0.39, 0.29) is 48.7 Å². The highest BCUT2D eigenvalue weighted by molar-refractivity contribution is 7.00. The Morgan fingerprint density at radius 2 is 0.530 bits per heavy atom. The van der Waals surface area contributed by atoms with Crippen LogP contribution in [0.4, 0.5) is 22.7 Å². The number of hydrogen-bond acceptors (Lipinski definition) is 4. The second-order valence-electron chi connectivity index (χ2n) is 47.7. The topological polar surface area (TPSA) is 55.3 Å². The summed E-state index contributed by atoms with van der Waals surface area (Å²) in [6.45, 7) is 63.6. The Kier molecular flexibility index (Phi) is 20.2. The van der Waals surface area contributed by atoms with Gasteiger partial charge in [-0.25, -0.2) is 0 Å². The number of benzene rings is 15. The van der Waals surface area contributed by atoms with Gasteiger partial charge in [0.05, 0.1) is 16.7 Å². The molecule has 0 aliphatic carbocycles. The quantitative estimate of drug-likeness (QED) is 0.141. The van der Waals surface area contributed by atoms with Crippen molar-refractivity contribution in [1.82, 2.24) is 4.57 Å². The molecule has 0 spiro atoms. The summed E-state index contributed by atoms with van der Waals surface area (Å²) in [5.41, 5.74) is 42.6. The highest BCUT2D eigenvalue weighted by atomic mass is 16.3. The van der Waals surface area contributed by atoms with Crippen molar-refractivity contribution in [3.05, 3.63) is 323 Å². The molecule has 0 saturated heterocycles. The molecule has 2 aliphatic heterocycles. The summed E-state index contributed by atoms with van der Waals surface area (Å²) in [4.78, 5) is 0. The van der Waals surface area contributed by atoms with Gasteiger partial charge < -0.3 is 24.0 Å². The largest absolute Gasteiger partial charge is 0.456 e. The number of rotatable bonds is 9. The summed E-state index contributed by atoms with van der Waals surface area (Å²) in [5, 5.41) is 16.0. The van der Waals surface area contributed by atoms with Crippen molar-refractivity contribution in [2.75, 3.05) is 10.6 Å². The molecule has 18 aromatic rings. The van der Waals surface area contributed by atoms with Gasteiger partial charge in [0, 0.05) is 66.2 Å². The monoisotopic (exact) mass is 1730 g/mol. The normalized spacial score (nSPS) is 13.5. The maximum atomic E-state index is 7.00. The smallest absolute Gasteiger partial charge is 0.252 e. The van der Waals surface area contributed by atoms with Gasteiger partial charge in [0.2, 0.25) is 0 Å². The fourth-order valence-electron chi connectivity index (χ4n) is 20.8. The predicted octanol–water partition coefficient (Wildman–Crippen LogP) is 34.2. The third kappa shape index (κ3) is 15.2. The zero-order chi connectivity index (χ0) is 93.3. The lowest BCUT2D eigenvalue weighted by Gasteiger charge is -2.38. The maximum Gasteiger partial charge on any atom is 0.252 e. The zero-order valence-electron chi connectivity index (χ0n) is 82.8. The maximum absolute atomic E-state index is 7.00. The van der Waals surface area contributed by atoms with E-state index in [1.54, 1.807) is 0 Å². The number of nitrogens with zero attached hydrogens (tertiary/aromatic N) is 1. The minimum atomic E-state index is -0.427. The summed E-state index contributed by atoms with van der Waals surface area (Å²) in [5.74, 6) is 0. The lowest BCUT2D eigenvalue weighted by molar-refractivity contribution is 0.568. The Hall–Kier alpha value is -12.6. The molecule has 20 rings (SSSR count). The molecule has 132 heavy (non-hydrogen) atoms. The van der Waals surface area contributed by atoms with Crippen LogP contribution < -0.4 is 27.0 Å². The fraction of sp³-hybridized carbons (Fsp3) is 0.286. The van der Waals surface area contributed by atoms with E-state index in [1.807, 2.05) is 0 Å². The molecule has 0 radical (unpaired) electrons. The van der Waals surface area contributed by atoms with Gasteiger partial charge in [-0.15, -0.1) is 0 Å². The van der Waals surface area contributed by atoms with Gasteiger partial charge in [-0.1, -0.05) is 393 Å². The average molecular weight is 1730 g/mol. The lowest BCUT2D eigenvalue weighted by Crippen LogP contribution is -2.59. The van der Waals surface area contributed by atoms with Gasteiger partial charge in [-0.2, -0.15) is 0 Å². The first-order chi connectivity index (χ1) is 62.1. The number of fused-ring (bicyclic) bond motifs is 13. The lowest BCUT2D eigenvalue weighted by atomic mass is 9.33. The van der Waals surface area contributed by atoms with Gasteiger partial charge >= 0.3 is 0 Å². The molecule has 0 bridgehead atoms. The van der Waals surface area contributed by atoms with Gasteiger partial charge in [0.15, 0.2) is 0 Å². The number of para-hydroxylation sites is 3. The van der Waals surface area contributed by atoms with Crippen molar-refractivity contribution >= 4 is 112 Å². The third-order valence-electron chi connectivity index (χ3n) is 28.7. The standard InChI is InChI=1S/C126H128BN3O2/c1-118(2,3)79-52-53-106-98(70-79)91-38-28-31-47-105(91)130(106)88-71-103-115-104(72-88)129-117-100(112-90(78-60-86(125(22,23)24)69-87(61-78)126(25,26)27)42-35-44-93(112)95-46-37-51-110-114(95)97-40-30-33-49-108(97)132-110)63-76(74-56-82(121(10,11)12)67-83(57-74)122(13,14)15)65-102(117)127(115)101-64-75(73-54-80(119(4,5)6)66-81(55-73)120(7,8)9)62-99(116(101)128-103)111-89(77-58-84(123(16,17)18)68-85(59-77)124(19,20)21)41-34-43-92(111)94-45-36-50-109-113(94)96-39-29-32-48-107(96)131-109/h28-72,128-129H,1-27H3. The first-order valence-corrected chi connectivity index (χ1v) is 47.9. The third-order valence-corrected chi connectivity index (χ3v) is 28.7. The first-order valence-electron chi connectivity index (χ1n) is 47.9. The van der Waals surface area contributed by atoms with E-state index < -0.39 is 6.71 Å². The van der Waals surface area contributed by atoms with E-state index >= 15 is 0 Å². The minimum absolute atomic E-state index is 0.0934. The van der Waals surface area contributed by atoms with E-state index in [4.69, 9.17) is 8.83 Å². The second-order valence-corrected chi connectivity index (χ2v) is 47.7. The SMILES string of the molecule is CC(C)(C)c1cc(-c2cc3c(c(-c4c(-c5cc(C(C)(C)C)cc(C(C)(C)C)c5)cccc4-c4cccc5oc6ccccc6c45)c2)Nc2cc(-n4c5ccccc5c5cc(C(C)(C)C)ccc54)cc4c2B3c2cc(-c3cc(C(C)(C)C)cc(C(C)(C)C)c3)cc(-c3c(-c5cc(C(C)(C)C)cc(C(C)(C)C)c5)cccc3-c3cccc5oc6ccccc6c35)c2N4)cc(C(C)(C)C)c1. The van der Waals surface area contributed by atoms with Gasteiger partial charge in [-0.05, 0) is 260 Å². The van der Waals surface area contributed by atoms with Crippen LogP contribution >= 0.6 is 0 Å². The number of hydrogen-bond donors (Lipinski definition) is 2. The molecule has 2 aliphatic rings. The highest BCUT2D eigenvalue weighted by Crippen LogP contribution is 2.55. The van der Waals surface area contributed by atoms with Gasteiger partial charge in [0.25, 0.3) is 6.71 Å². The van der Waals surface area contributed by atoms with E-state index in [0.717, 1.165) is 150 Å². The Morgan fingerprint density at radius 1 is 0.227 bits per heavy atom. The Balaban J connectivity index is 1.01. The molecule has 0 unspecified atom stereocenters. The zero-order valence-corrected chi connectivity index (χ0v) is 82.8. The molecule has 0 saturated carbocycles. The van der Waals surface area contributed by atoms with Crippen LogP contribution in [0.15, 0.2) is 282 Å². The van der Waals surface area contributed by atoms with Crippen LogP contribution in [-0.2, 0) is 48.7 Å². The molecular weight excluding hydrogens is 1600 g/mol. The molecule has 6 heteroatoms. The van der Waals surface area contributed by atoms with Crippen LogP contribution in [0.25, 0.3) is 160 Å². The van der Waals surface area contributed by atoms with Gasteiger partial charge in [0.1, 0.15) is 22.3 Å². The van der Waals surface area contributed by atoms with Gasteiger partial charge in [-0.3, -0.25) is 0 Å². The van der Waals surface area contributed by atoms with E-state index in [1.165, 1.54) is 99.5 Å². The molecule has 5 heterocycles. The van der Waals surface area contributed by atoms with Crippen molar-refractivity contribution in [3.8, 4) is 94.7 Å². The Morgan fingerprint density at radius 3 is 0.902 bits per heavy atom. The van der Waals surface area contributed by atoms with Crippen LogP contribution in [0.1, 0.15) is 237 Å². The molecule has 2 N–H and O–H groups in total. The molecule has 15 aromatic carbocycles. The van der Waals surface area contributed by atoms with E-state index in [9.17, 15) is 0 Å². The Labute approximate surface area is 783 Å². The summed E-state index contributed by atoms with van der Waals surface area (Å²) in [6, 6.07) is 107. The number of anilines is 4. The molecule has 0 fully saturated rings. The summed E-state index contributed by atoms with van der Waals surface area (Å²) in [7, 11) is 0. The van der Waals surface area contributed by atoms with Crippen LogP contribution in [-0.4, -0.2) is 11.3 Å². The fourth-order valence-corrected chi connectivity index (χ4v) is 20.8. The molecule has 3 aromatic heterocycles. The van der Waals surface area contributed by atoms with Crippen molar-refractivity contribution in [2.24, 2.45) is 0 Å². The van der Waals surface area contributed by atoms with Crippen molar-refractivity contribution in [3.63, 3.8) is 0 Å². The molecule has 5 nitrogen and oxygen atoms in total. The summed E-state index contributed by atoms with van der Waals surface area (Å²) < 4.78 is 16.5. The van der Waals surface area contributed by atoms with Crippen LogP contribution in [0.3, 0.4) is 0 Å². The summed E-state index contributed by atoms with van der Waals surface area (Å²) in [6.07, 6.45) is 0. The van der Waals surface area contributed by atoms with E-state index in [0.29, 0.717) is 0 Å². The number of aromatic nitrogens is 1. The molecule has 0 atom stereocenters. The Bertz CT molecular complexity index is 7290. The number of nitrogens with one attached hydrogen (secondary N) is 2. The molecular formula is C126H128BN3O2. The first kappa shape index (κ1) is 87.4. The number of furan rings is 2.